The molecule has 0 fully saturated rings. The van der Waals surface area contributed by atoms with Crippen molar-refractivity contribution in [1.29, 1.82) is 0 Å². The van der Waals surface area contributed by atoms with Crippen LogP contribution in [0.5, 0.6) is 0 Å². The van der Waals surface area contributed by atoms with Crippen LogP contribution in [0.15, 0.2) is 54.6 Å². The Morgan fingerprint density at radius 3 is 1.72 bits per heavy atom. The Balaban J connectivity index is 2.26. The smallest absolute Gasteiger partial charge is 0.199 e. The Morgan fingerprint density at radius 1 is 0.640 bits per heavy atom. The third-order valence-corrected chi connectivity index (χ3v) is 3.67. The summed E-state index contributed by atoms with van der Waals surface area (Å²) in [6.07, 6.45) is 0. The SMILES string of the molecule is O=C(c1ccccc1)c1c(F)c(F)c(-c2ccccc2F)c(F)c1F. The summed E-state index contributed by atoms with van der Waals surface area (Å²) in [5, 5.41) is 0. The lowest BCUT2D eigenvalue weighted by Crippen LogP contribution is -2.13. The van der Waals surface area contributed by atoms with Crippen molar-refractivity contribution in [2.24, 2.45) is 0 Å². The molecule has 25 heavy (non-hydrogen) atoms. The van der Waals surface area contributed by atoms with Crippen LogP contribution in [-0.2, 0) is 0 Å². The molecule has 3 rings (SSSR count). The summed E-state index contributed by atoms with van der Waals surface area (Å²) in [5.74, 6) is -9.67. The quantitative estimate of drug-likeness (QED) is 0.358. The van der Waals surface area contributed by atoms with Crippen LogP contribution in [0.2, 0.25) is 0 Å². The molecule has 0 amide bonds. The first kappa shape index (κ1) is 16.8. The molecule has 0 aliphatic heterocycles. The first-order valence-corrected chi connectivity index (χ1v) is 7.14. The Labute approximate surface area is 139 Å². The van der Waals surface area contributed by atoms with Crippen molar-refractivity contribution in [2.75, 3.05) is 0 Å². The van der Waals surface area contributed by atoms with E-state index in [1.54, 1.807) is 6.07 Å². The van der Waals surface area contributed by atoms with Gasteiger partial charge in [-0.1, -0.05) is 48.5 Å². The third-order valence-electron chi connectivity index (χ3n) is 3.67. The zero-order chi connectivity index (χ0) is 18.1. The summed E-state index contributed by atoms with van der Waals surface area (Å²) in [6.45, 7) is 0. The van der Waals surface area contributed by atoms with Crippen molar-refractivity contribution in [3.63, 3.8) is 0 Å². The van der Waals surface area contributed by atoms with Gasteiger partial charge in [-0.15, -0.1) is 0 Å². The van der Waals surface area contributed by atoms with Crippen molar-refractivity contribution in [1.82, 2.24) is 0 Å². The summed E-state index contributed by atoms with van der Waals surface area (Å²) in [6, 6.07) is 11.3. The number of ketones is 1. The van der Waals surface area contributed by atoms with Crippen LogP contribution in [0.25, 0.3) is 11.1 Å². The van der Waals surface area contributed by atoms with E-state index in [0.717, 1.165) is 12.1 Å². The van der Waals surface area contributed by atoms with E-state index in [2.05, 4.69) is 0 Å². The highest BCUT2D eigenvalue weighted by molar-refractivity contribution is 6.09. The fourth-order valence-corrected chi connectivity index (χ4v) is 2.47. The Kier molecular flexibility index (Phi) is 4.35. The van der Waals surface area contributed by atoms with Gasteiger partial charge in [-0.3, -0.25) is 4.79 Å². The predicted molar refractivity (Wildman–Crippen MR) is 81.5 cm³/mol. The summed E-state index contributed by atoms with van der Waals surface area (Å²) < 4.78 is 71.1. The molecule has 3 aromatic carbocycles. The molecule has 0 aliphatic carbocycles. The van der Waals surface area contributed by atoms with E-state index >= 15 is 0 Å². The second kappa shape index (κ2) is 6.47. The van der Waals surface area contributed by atoms with Crippen LogP contribution in [0, 0.1) is 29.1 Å². The molecule has 0 saturated carbocycles. The van der Waals surface area contributed by atoms with Gasteiger partial charge in [0.15, 0.2) is 29.1 Å². The highest BCUT2D eigenvalue weighted by Crippen LogP contribution is 2.34. The first-order valence-electron chi connectivity index (χ1n) is 7.14. The molecule has 0 saturated heterocycles. The van der Waals surface area contributed by atoms with E-state index in [0.29, 0.717) is 0 Å². The molecule has 126 valence electrons. The van der Waals surface area contributed by atoms with Gasteiger partial charge in [0.2, 0.25) is 0 Å². The Hall–Kier alpha value is -3.02. The van der Waals surface area contributed by atoms with Gasteiger partial charge in [0.1, 0.15) is 11.4 Å². The second-order valence-electron chi connectivity index (χ2n) is 5.18. The molecular weight excluding hydrogens is 339 g/mol. The summed E-state index contributed by atoms with van der Waals surface area (Å²) in [7, 11) is 0. The molecule has 3 aromatic rings. The van der Waals surface area contributed by atoms with Crippen molar-refractivity contribution in [3.8, 4) is 11.1 Å². The molecule has 0 atom stereocenters. The number of halogens is 5. The van der Waals surface area contributed by atoms with Gasteiger partial charge in [-0.25, -0.2) is 22.0 Å². The standard InChI is InChI=1S/C19H9F5O/c20-12-9-5-4-8-11(12)13-15(21)17(23)14(18(24)16(13)22)19(25)10-6-2-1-3-7-10/h1-9H. The lowest BCUT2D eigenvalue weighted by molar-refractivity contribution is 0.102. The Morgan fingerprint density at radius 2 is 1.16 bits per heavy atom. The fraction of sp³-hybridized carbons (Fsp3) is 0. The molecule has 0 bridgehead atoms. The highest BCUT2D eigenvalue weighted by Gasteiger charge is 2.31. The number of hydrogen-bond acceptors (Lipinski definition) is 1. The monoisotopic (exact) mass is 348 g/mol. The zero-order valence-corrected chi connectivity index (χ0v) is 12.5. The van der Waals surface area contributed by atoms with Crippen LogP contribution in [-0.4, -0.2) is 5.78 Å². The van der Waals surface area contributed by atoms with Crippen molar-refractivity contribution >= 4 is 5.78 Å². The van der Waals surface area contributed by atoms with Crippen LogP contribution in [0.3, 0.4) is 0 Å². The van der Waals surface area contributed by atoms with Gasteiger partial charge >= 0.3 is 0 Å². The van der Waals surface area contributed by atoms with E-state index in [1.807, 2.05) is 0 Å². The molecule has 0 unspecified atom stereocenters. The molecule has 0 heterocycles. The Bertz CT molecular complexity index is 938. The molecule has 0 aliphatic rings. The van der Waals surface area contributed by atoms with Crippen LogP contribution in [0.1, 0.15) is 15.9 Å². The number of hydrogen-bond donors (Lipinski definition) is 0. The maximum atomic E-state index is 14.3. The average Bonchev–Trinajstić information content (AvgIpc) is 2.62. The van der Waals surface area contributed by atoms with E-state index < -0.39 is 51.6 Å². The van der Waals surface area contributed by atoms with Gasteiger partial charge in [-0.05, 0) is 6.07 Å². The normalized spacial score (nSPS) is 10.8. The van der Waals surface area contributed by atoms with Gasteiger partial charge in [0.25, 0.3) is 0 Å². The van der Waals surface area contributed by atoms with E-state index in [9.17, 15) is 26.7 Å². The first-order chi connectivity index (χ1) is 11.9. The summed E-state index contributed by atoms with van der Waals surface area (Å²) >= 11 is 0. The van der Waals surface area contributed by atoms with Gasteiger partial charge in [0.05, 0.1) is 5.56 Å². The molecule has 0 aromatic heterocycles. The molecular formula is C19H9F5O. The minimum Gasteiger partial charge on any atom is -0.288 e. The van der Waals surface area contributed by atoms with Gasteiger partial charge < -0.3 is 0 Å². The molecule has 0 radical (unpaired) electrons. The summed E-state index contributed by atoms with van der Waals surface area (Å²) in [4.78, 5) is 12.2. The molecule has 6 heteroatoms. The number of rotatable bonds is 3. The maximum absolute atomic E-state index is 14.3. The lowest BCUT2D eigenvalue weighted by Gasteiger charge is -2.12. The minimum atomic E-state index is -1.87. The fourth-order valence-electron chi connectivity index (χ4n) is 2.47. The second-order valence-corrected chi connectivity index (χ2v) is 5.18. The van der Waals surface area contributed by atoms with Crippen LogP contribution < -0.4 is 0 Å². The topological polar surface area (TPSA) is 17.1 Å². The number of benzene rings is 3. The number of carbonyl (C=O) groups excluding carboxylic acids is 1. The summed E-state index contributed by atoms with van der Waals surface area (Å²) in [5.41, 5.74) is -3.34. The van der Waals surface area contributed by atoms with Gasteiger partial charge in [-0.2, -0.15) is 0 Å². The van der Waals surface area contributed by atoms with E-state index in [-0.39, 0.29) is 5.56 Å². The molecule has 1 nitrogen and oxygen atoms in total. The third kappa shape index (κ3) is 2.80. The zero-order valence-electron chi connectivity index (χ0n) is 12.5. The molecule has 0 spiro atoms. The minimum absolute atomic E-state index is 0.141. The highest BCUT2D eigenvalue weighted by atomic mass is 19.2. The van der Waals surface area contributed by atoms with Crippen molar-refractivity contribution < 1.29 is 26.7 Å². The largest absolute Gasteiger partial charge is 0.288 e. The number of carbonyl (C=O) groups is 1. The predicted octanol–water partition coefficient (Wildman–Crippen LogP) is 5.28. The average molecular weight is 348 g/mol. The lowest BCUT2D eigenvalue weighted by atomic mass is 9.96. The van der Waals surface area contributed by atoms with Crippen LogP contribution in [0.4, 0.5) is 22.0 Å². The van der Waals surface area contributed by atoms with Crippen molar-refractivity contribution in [3.05, 3.63) is 94.8 Å². The molecule has 0 N–H and O–H groups in total. The van der Waals surface area contributed by atoms with Crippen LogP contribution >= 0.6 is 0 Å². The van der Waals surface area contributed by atoms with E-state index in [4.69, 9.17) is 0 Å². The van der Waals surface area contributed by atoms with Gasteiger partial charge in [0, 0.05) is 11.1 Å². The van der Waals surface area contributed by atoms with Crippen molar-refractivity contribution in [2.45, 2.75) is 0 Å². The maximum Gasteiger partial charge on any atom is 0.199 e. The van der Waals surface area contributed by atoms with E-state index in [1.165, 1.54) is 36.4 Å².